The van der Waals surface area contributed by atoms with Gasteiger partial charge in [0.05, 0.1) is 5.56 Å². The highest BCUT2D eigenvalue weighted by Crippen LogP contribution is 2.09. The van der Waals surface area contributed by atoms with Crippen LogP contribution in [0.2, 0.25) is 0 Å². The van der Waals surface area contributed by atoms with E-state index in [4.69, 9.17) is 10.4 Å². The Bertz CT molecular complexity index is 395. The van der Waals surface area contributed by atoms with Gasteiger partial charge in [0.1, 0.15) is 11.9 Å². The highest BCUT2D eigenvalue weighted by molar-refractivity contribution is 5.66. The number of carbonyl (C=O) groups is 1. The molecule has 0 radical (unpaired) electrons. The molecule has 1 aromatic rings. The van der Waals surface area contributed by atoms with Crippen molar-refractivity contribution in [3.05, 3.63) is 23.9 Å². The Hall–Kier alpha value is -2.09. The number of carboxylic acid groups (broad SMARTS) is 1. The van der Waals surface area contributed by atoms with Gasteiger partial charge >= 0.3 is 5.97 Å². The summed E-state index contributed by atoms with van der Waals surface area (Å²) in [6.07, 6.45) is 2.23. The zero-order valence-electron chi connectivity index (χ0n) is 9.05. The molecule has 0 aromatic carbocycles. The number of hydrogen-bond acceptors (Lipinski definition) is 4. The Balaban J connectivity index is 2.49. The Morgan fingerprint density at radius 3 is 2.88 bits per heavy atom. The van der Waals surface area contributed by atoms with Crippen LogP contribution < -0.4 is 4.90 Å². The first-order chi connectivity index (χ1) is 7.63. The summed E-state index contributed by atoms with van der Waals surface area (Å²) in [5.74, 6) is -0.0504. The highest BCUT2D eigenvalue weighted by atomic mass is 16.4. The molecule has 1 aromatic heterocycles. The van der Waals surface area contributed by atoms with E-state index in [-0.39, 0.29) is 6.42 Å². The zero-order valence-corrected chi connectivity index (χ0v) is 9.05. The van der Waals surface area contributed by atoms with E-state index in [0.717, 1.165) is 5.82 Å². The summed E-state index contributed by atoms with van der Waals surface area (Å²) in [6.45, 7) is 0.630. The second-order valence-electron chi connectivity index (χ2n) is 3.44. The van der Waals surface area contributed by atoms with Crippen LogP contribution in [0.4, 0.5) is 5.82 Å². The fourth-order valence-electron chi connectivity index (χ4n) is 1.26. The average Bonchev–Trinajstić information content (AvgIpc) is 2.28. The summed E-state index contributed by atoms with van der Waals surface area (Å²) in [5, 5.41) is 17.1. The lowest BCUT2D eigenvalue weighted by atomic mass is 10.3. The summed E-state index contributed by atoms with van der Waals surface area (Å²) < 4.78 is 0. The smallest absolute Gasteiger partial charge is 0.303 e. The maximum Gasteiger partial charge on any atom is 0.303 e. The maximum atomic E-state index is 10.3. The molecule has 0 saturated carbocycles. The molecule has 1 N–H and O–H groups in total. The van der Waals surface area contributed by atoms with E-state index in [9.17, 15) is 4.79 Å². The molecule has 5 nitrogen and oxygen atoms in total. The van der Waals surface area contributed by atoms with Crippen LogP contribution >= 0.6 is 0 Å². The molecule has 16 heavy (non-hydrogen) atoms. The van der Waals surface area contributed by atoms with E-state index in [0.29, 0.717) is 18.5 Å². The monoisotopic (exact) mass is 219 g/mol. The third-order valence-corrected chi connectivity index (χ3v) is 2.15. The summed E-state index contributed by atoms with van der Waals surface area (Å²) in [4.78, 5) is 16.3. The molecule has 0 saturated heterocycles. The predicted molar refractivity (Wildman–Crippen MR) is 59.1 cm³/mol. The third-order valence-electron chi connectivity index (χ3n) is 2.15. The van der Waals surface area contributed by atoms with Crippen LogP contribution in [0.3, 0.4) is 0 Å². The minimum absolute atomic E-state index is 0.153. The largest absolute Gasteiger partial charge is 0.481 e. The van der Waals surface area contributed by atoms with Crippen molar-refractivity contribution < 1.29 is 9.90 Å². The first-order valence-corrected chi connectivity index (χ1v) is 4.92. The van der Waals surface area contributed by atoms with Gasteiger partial charge in [-0.3, -0.25) is 4.79 Å². The van der Waals surface area contributed by atoms with E-state index >= 15 is 0 Å². The second-order valence-corrected chi connectivity index (χ2v) is 3.44. The molecule has 1 heterocycles. The van der Waals surface area contributed by atoms with Gasteiger partial charge in [-0.1, -0.05) is 0 Å². The standard InChI is InChI=1S/C11H13N3O2/c1-14(6-2-3-11(15)16)10-5-4-9(7-12)8-13-10/h4-5,8H,2-3,6H2,1H3,(H,15,16). The van der Waals surface area contributed by atoms with E-state index in [2.05, 4.69) is 4.98 Å². The van der Waals surface area contributed by atoms with Gasteiger partial charge in [0.25, 0.3) is 0 Å². The molecule has 0 aliphatic heterocycles. The molecular formula is C11H13N3O2. The van der Waals surface area contributed by atoms with Gasteiger partial charge in [-0.05, 0) is 18.6 Å². The van der Waals surface area contributed by atoms with Crippen molar-refractivity contribution in [3.63, 3.8) is 0 Å². The van der Waals surface area contributed by atoms with Gasteiger partial charge in [0, 0.05) is 26.2 Å². The number of aromatic nitrogens is 1. The number of rotatable bonds is 5. The first-order valence-electron chi connectivity index (χ1n) is 4.92. The Kier molecular flexibility index (Phi) is 4.28. The minimum Gasteiger partial charge on any atom is -0.481 e. The van der Waals surface area contributed by atoms with Crippen molar-refractivity contribution in [3.8, 4) is 6.07 Å². The Labute approximate surface area is 93.9 Å². The van der Waals surface area contributed by atoms with Crippen LogP contribution in [-0.4, -0.2) is 29.7 Å². The first kappa shape index (κ1) is 12.0. The quantitative estimate of drug-likeness (QED) is 0.806. The molecule has 5 heteroatoms. The molecule has 0 spiro atoms. The van der Waals surface area contributed by atoms with Gasteiger partial charge in [0.15, 0.2) is 0 Å². The van der Waals surface area contributed by atoms with Crippen LogP contribution in [-0.2, 0) is 4.79 Å². The summed E-state index contributed by atoms with van der Waals surface area (Å²) in [6, 6.07) is 5.43. The second kappa shape index (κ2) is 5.71. The number of carboxylic acids is 1. The van der Waals surface area contributed by atoms with Gasteiger partial charge in [-0.25, -0.2) is 4.98 Å². The lowest BCUT2D eigenvalue weighted by Crippen LogP contribution is -2.20. The van der Waals surface area contributed by atoms with E-state index in [1.165, 1.54) is 6.20 Å². The van der Waals surface area contributed by atoms with Crippen LogP contribution in [0.1, 0.15) is 18.4 Å². The van der Waals surface area contributed by atoms with Crippen molar-refractivity contribution >= 4 is 11.8 Å². The number of hydrogen-bond donors (Lipinski definition) is 1. The lowest BCUT2D eigenvalue weighted by Gasteiger charge is -2.17. The van der Waals surface area contributed by atoms with Gasteiger partial charge in [-0.15, -0.1) is 0 Å². The van der Waals surface area contributed by atoms with E-state index < -0.39 is 5.97 Å². The highest BCUT2D eigenvalue weighted by Gasteiger charge is 2.03. The zero-order chi connectivity index (χ0) is 12.0. The van der Waals surface area contributed by atoms with Crippen molar-refractivity contribution in [2.75, 3.05) is 18.5 Å². The van der Waals surface area contributed by atoms with E-state index in [1.807, 2.05) is 18.0 Å². The minimum atomic E-state index is -0.791. The van der Waals surface area contributed by atoms with Crippen molar-refractivity contribution in [1.82, 2.24) is 4.98 Å². The number of nitriles is 1. The summed E-state index contributed by atoms with van der Waals surface area (Å²) >= 11 is 0. The van der Waals surface area contributed by atoms with Gasteiger partial charge in [0.2, 0.25) is 0 Å². The third kappa shape index (κ3) is 3.58. The number of nitrogens with zero attached hydrogens (tertiary/aromatic N) is 3. The maximum absolute atomic E-state index is 10.3. The normalized spacial score (nSPS) is 9.50. The van der Waals surface area contributed by atoms with Crippen LogP contribution in [0.15, 0.2) is 18.3 Å². The Morgan fingerprint density at radius 1 is 1.62 bits per heavy atom. The number of pyridine rings is 1. The molecular weight excluding hydrogens is 206 g/mol. The predicted octanol–water partition coefficient (Wildman–Crippen LogP) is 1.25. The summed E-state index contributed by atoms with van der Waals surface area (Å²) in [7, 11) is 1.84. The molecule has 0 amide bonds. The van der Waals surface area contributed by atoms with Crippen molar-refractivity contribution in [2.24, 2.45) is 0 Å². The van der Waals surface area contributed by atoms with Crippen molar-refractivity contribution in [2.45, 2.75) is 12.8 Å². The van der Waals surface area contributed by atoms with Crippen LogP contribution in [0.5, 0.6) is 0 Å². The van der Waals surface area contributed by atoms with Crippen LogP contribution in [0, 0.1) is 11.3 Å². The molecule has 1 rings (SSSR count). The van der Waals surface area contributed by atoms with Crippen LogP contribution in [0.25, 0.3) is 0 Å². The molecule has 0 fully saturated rings. The fraction of sp³-hybridized carbons (Fsp3) is 0.364. The fourth-order valence-corrected chi connectivity index (χ4v) is 1.26. The van der Waals surface area contributed by atoms with Crippen molar-refractivity contribution in [1.29, 1.82) is 5.26 Å². The van der Waals surface area contributed by atoms with Gasteiger partial charge in [-0.2, -0.15) is 5.26 Å². The SMILES string of the molecule is CN(CCCC(=O)O)c1ccc(C#N)cn1. The average molecular weight is 219 g/mol. The molecule has 84 valence electrons. The van der Waals surface area contributed by atoms with E-state index in [1.54, 1.807) is 12.1 Å². The molecule has 0 aliphatic rings. The number of anilines is 1. The Morgan fingerprint density at radius 2 is 2.38 bits per heavy atom. The van der Waals surface area contributed by atoms with Gasteiger partial charge < -0.3 is 10.0 Å². The topological polar surface area (TPSA) is 77.2 Å². The molecule has 0 bridgehead atoms. The molecule has 0 aliphatic carbocycles. The summed E-state index contributed by atoms with van der Waals surface area (Å²) in [5.41, 5.74) is 0.516. The molecule has 0 atom stereocenters. The number of aliphatic carboxylic acids is 1. The lowest BCUT2D eigenvalue weighted by molar-refractivity contribution is -0.137. The molecule has 0 unspecified atom stereocenters.